The van der Waals surface area contributed by atoms with Crippen molar-refractivity contribution >= 4 is 0 Å². The Balaban J connectivity index is 1.17. The normalized spacial score (nSPS) is 15.5. The van der Waals surface area contributed by atoms with Crippen molar-refractivity contribution < 1.29 is 18.9 Å². The number of allylic oxidation sites excluding steroid dienone is 2. The number of rotatable bonds is 19. The van der Waals surface area contributed by atoms with E-state index in [0.717, 1.165) is 123 Å². The Labute approximate surface area is 329 Å². The van der Waals surface area contributed by atoms with Gasteiger partial charge < -0.3 is 18.9 Å². The number of benzene rings is 2. The van der Waals surface area contributed by atoms with Gasteiger partial charge in [-0.05, 0) is 136 Å². The molecular formula is C47H60N4O4. The van der Waals surface area contributed by atoms with Crippen LogP contribution in [0.1, 0.15) is 87.0 Å². The predicted molar refractivity (Wildman–Crippen MR) is 223 cm³/mol. The summed E-state index contributed by atoms with van der Waals surface area (Å²) in [4.78, 5) is 14.8. The molecule has 0 atom stereocenters. The van der Waals surface area contributed by atoms with Gasteiger partial charge in [-0.1, -0.05) is 38.5 Å². The van der Waals surface area contributed by atoms with Crippen molar-refractivity contribution in [2.24, 2.45) is 0 Å². The summed E-state index contributed by atoms with van der Waals surface area (Å²) >= 11 is 0. The molecule has 6 rings (SSSR count). The number of pyridine rings is 2. The Kier molecular flexibility index (Phi) is 14.4. The Morgan fingerprint density at radius 2 is 1.53 bits per heavy atom. The number of hydrogen-bond acceptors (Lipinski definition) is 8. The molecule has 8 heteroatoms. The highest BCUT2D eigenvalue weighted by Gasteiger charge is 2.30. The van der Waals surface area contributed by atoms with E-state index in [0.29, 0.717) is 12.0 Å². The van der Waals surface area contributed by atoms with Crippen LogP contribution >= 0.6 is 0 Å². The average Bonchev–Trinajstić information content (AvgIpc) is 4.07. The highest BCUT2D eigenvalue weighted by atomic mass is 16.5. The summed E-state index contributed by atoms with van der Waals surface area (Å²) in [5, 5.41) is 0. The highest BCUT2D eigenvalue weighted by Crippen LogP contribution is 2.49. The van der Waals surface area contributed by atoms with Crippen LogP contribution in [0.25, 0.3) is 22.5 Å². The summed E-state index contributed by atoms with van der Waals surface area (Å²) in [6.45, 7) is 11.9. The van der Waals surface area contributed by atoms with E-state index in [1.54, 1.807) is 21.3 Å². The number of likely N-dealkylation sites (tertiary alicyclic amines) is 1. The number of hydrogen-bond donors (Lipinski definition) is 0. The lowest BCUT2D eigenvalue weighted by Gasteiger charge is -2.38. The van der Waals surface area contributed by atoms with Crippen molar-refractivity contribution in [3.8, 4) is 39.8 Å². The Hall–Kier alpha value is -4.66. The Morgan fingerprint density at radius 1 is 0.818 bits per heavy atom. The quantitative estimate of drug-likeness (QED) is 0.0534. The molecule has 1 aliphatic heterocycles. The maximum absolute atomic E-state index is 6.13. The maximum Gasteiger partial charge on any atom is 0.164 e. The first-order valence-corrected chi connectivity index (χ1v) is 20.2. The lowest BCUT2D eigenvalue weighted by atomic mass is 10.00. The second kappa shape index (κ2) is 19.8. The van der Waals surface area contributed by atoms with Crippen LogP contribution in [0.2, 0.25) is 0 Å². The van der Waals surface area contributed by atoms with E-state index < -0.39 is 0 Å². The molecule has 2 aromatic carbocycles. The number of aryl methyl sites for hydroxylation is 1. The summed E-state index contributed by atoms with van der Waals surface area (Å²) < 4.78 is 23.3. The molecule has 2 aromatic heterocycles. The Bertz CT molecular complexity index is 1910. The molecule has 0 spiro atoms. The minimum atomic E-state index is 0.452. The van der Waals surface area contributed by atoms with Crippen LogP contribution in [0.5, 0.6) is 17.2 Å². The van der Waals surface area contributed by atoms with E-state index in [-0.39, 0.29) is 0 Å². The number of methoxy groups -OCH3 is 3. The molecule has 0 radical (unpaired) electrons. The van der Waals surface area contributed by atoms with Gasteiger partial charge in [0.1, 0.15) is 11.5 Å². The van der Waals surface area contributed by atoms with Crippen molar-refractivity contribution in [3.63, 3.8) is 0 Å². The second-order valence-corrected chi connectivity index (χ2v) is 14.9. The van der Waals surface area contributed by atoms with Crippen molar-refractivity contribution in [1.82, 2.24) is 19.8 Å². The van der Waals surface area contributed by atoms with E-state index in [1.165, 1.54) is 29.5 Å². The minimum absolute atomic E-state index is 0.452. The highest BCUT2D eigenvalue weighted by molar-refractivity contribution is 5.68. The summed E-state index contributed by atoms with van der Waals surface area (Å²) in [6.07, 6.45) is 18.2. The fourth-order valence-electron chi connectivity index (χ4n) is 7.57. The zero-order valence-corrected chi connectivity index (χ0v) is 33.9. The van der Waals surface area contributed by atoms with Gasteiger partial charge in [0.2, 0.25) is 0 Å². The predicted octanol–water partition coefficient (Wildman–Crippen LogP) is 10.2. The van der Waals surface area contributed by atoms with E-state index in [4.69, 9.17) is 28.9 Å². The molecular weight excluding hydrogens is 685 g/mol. The monoisotopic (exact) mass is 744 g/mol. The molecule has 3 heterocycles. The van der Waals surface area contributed by atoms with Gasteiger partial charge in [0, 0.05) is 54.8 Å². The lowest BCUT2D eigenvalue weighted by Crippen LogP contribution is -2.44. The first kappa shape index (κ1) is 40.0. The molecule has 0 unspecified atom stereocenters. The van der Waals surface area contributed by atoms with Crippen LogP contribution in [-0.4, -0.2) is 73.4 Å². The number of unbranched alkanes of at least 4 members (excludes halogenated alkanes) is 1. The van der Waals surface area contributed by atoms with Gasteiger partial charge in [-0.3, -0.25) is 19.8 Å². The number of nitrogens with zero attached hydrogens (tertiary/aromatic N) is 4. The third kappa shape index (κ3) is 10.8. The van der Waals surface area contributed by atoms with Gasteiger partial charge in [-0.15, -0.1) is 0 Å². The lowest BCUT2D eigenvalue weighted by molar-refractivity contribution is 0.108. The Morgan fingerprint density at radius 3 is 2.22 bits per heavy atom. The number of ether oxygens (including phenoxy) is 4. The SMILES string of the molecule is CC/C=C(\C=C/CN(Cc1ccnc(-c2cc(OC)c(OC)c(C3CC3)c2)c1)C1CCN(Cc2ccnc(-c3ccc(C)c(OC)c3)c2)CC1)OCCCC. The largest absolute Gasteiger partial charge is 0.496 e. The van der Waals surface area contributed by atoms with E-state index in [1.807, 2.05) is 12.4 Å². The minimum Gasteiger partial charge on any atom is -0.496 e. The topological polar surface area (TPSA) is 69.2 Å². The third-order valence-corrected chi connectivity index (χ3v) is 10.8. The van der Waals surface area contributed by atoms with Gasteiger partial charge in [-0.2, -0.15) is 0 Å². The van der Waals surface area contributed by atoms with Gasteiger partial charge in [0.15, 0.2) is 11.5 Å². The van der Waals surface area contributed by atoms with Crippen molar-refractivity contribution in [2.45, 2.75) is 90.8 Å². The van der Waals surface area contributed by atoms with Crippen LogP contribution in [0, 0.1) is 6.92 Å². The summed E-state index contributed by atoms with van der Waals surface area (Å²) in [5.74, 6) is 4.00. The zero-order chi connectivity index (χ0) is 38.6. The van der Waals surface area contributed by atoms with Crippen molar-refractivity contribution in [3.05, 3.63) is 113 Å². The van der Waals surface area contributed by atoms with Crippen molar-refractivity contribution in [2.75, 3.05) is 47.6 Å². The molecule has 1 saturated carbocycles. The molecule has 1 aliphatic carbocycles. The van der Waals surface area contributed by atoms with Crippen molar-refractivity contribution in [1.29, 1.82) is 0 Å². The second-order valence-electron chi connectivity index (χ2n) is 14.9. The molecule has 2 aliphatic rings. The molecule has 0 N–H and O–H groups in total. The van der Waals surface area contributed by atoms with Crippen LogP contribution in [0.3, 0.4) is 0 Å². The van der Waals surface area contributed by atoms with Crippen LogP contribution < -0.4 is 14.2 Å². The van der Waals surface area contributed by atoms with Gasteiger partial charge >= 0.3 is 0 Å². The third-order valence-electron chi connectivity index (χ3n) is 10.8. The standard InChI is InChI=1S/C47H60N4O4/c1-7-9-26-55-41(11-8-2)12-10-23-51(33-36-18-22-49-44(28-36)39-29-42(37-15-16-37)47(54-6)46(31-39)53-5)40-19-24-50(25-20-40)32-35-17-21-48-43(27-35)38-14-13-34(3)45(30-38)52-4/h10-14,17-18,21-22,27-31,37,40H,7-9,15-16,19-20,23-26,32-33H2,1-6H3/b12-10-,41-11+. The van der Waals surface area contributed by atoms with Gasteiger partial charge in [0.05, 0.1) is 39.3 Å². The fourth-order valence-corrected chi connectivity index (χ4v) is 7.57. The summed E-state index contributed by atoms with van der Waals surface area (Å²) in [7, 11) is 5.17. The smallest absolute Gasteiger partial charge is 0.164 e. The molecule has 55 heavy (non-hydrogen) atoms. The van der Waals surface area contributed by atoms with Gasteiger partial charge in [0.25, 0.3) is 0 Å². The molecule has 4 aromatic rings. The molecule has 8 nitrogen and oxygen atoms in total. The average molecular weight is 745 g/mol. The first-order chi connectivity index (χ1) is 26.9. The summed E-state index contributed by atoms with van der Waals surface area (Å²) in [5.41, 5.74) is 8.97. The van der Waals surface area contributed by atoms with Gasteiger partial charge in [-0.25, -0.2) is 0 Å². The molecule has 292 valence electrons. The molecule has 2 fully saturated rings. The molecule has 1 saturated heterocycles. The molecule has 0 amide bonds. The fraction of sp³-hybridized carbons (Fsp3) is 0.447. The van der Waals surface area contributed by atoms with Crippen LogP contribution in [0.15, 0.2) is 91.0 Å². The summed E-state index contributed by atoms with van der Waals surface area (Å²) in [6, 6.07) is 19.9. The first-order valence-electron chi connectivity index (χ1n) is 20.2. The maximum atomic E-state index is 6.13. The number of aromatic nitrogens is 2. The van der Waals surface area contributed by atoms with Crippen LogP contribution in [-0.2, 0) is 17.8 Å². The van der Waals surface area contributed by atoms with E-state index in [9.17, 15) is 0 Å². The zero-order valence-electron chi connectivity index (χ0n) is 33.9. The van der Waals surface area contributed by atoms with Crippen LogP contribution in [0.4, 0.5) is 0 Å². The number of piperidine rings is 1. The van der Waals surface area contributed by atoms with E-state index in [2.05, 4.69) is 103 Å². The van der Waals surface area contributed by atoms with E-state index >= 15 is 0 Å². The molecule has 0 bridgehead atoms.